The number of anilines is 1. The molecule has 1 N–H and O–H groups in total. The Labute approximate surface area is 141 Å². The Bertz CT molecular complexity index is 1100. The van der Waals surface area contributed by atoms with Gasteiger partial charge in [-0.15, -0.1) is 12.4 Å². The zero-order chi connectivity index (χ0) is 16.7. The lowest BCUT2D eigenvalue weighted by Crippen LogP contribution is -2.27. The molecule has 7 nitrogen and oxygen atoms in total. The Kier molecular flexibility index (Phi) is 4.66. The summed E-state index contributed by atoms with van der Waals surface area (Å²) in [7, 11) is 4.94. The van der Waals surface area contributed by atoms with Crippen LogP contribution in [0.3, 0.4) is 0 Å². The molecule has 0 saturated heterocycles. The van der Waals surface area contributed by atoms with E-state index < -0.39 is 16.8 Å². The molecule has 0 spiro atoms. The van der Waals surface area contributed by atoms with Gasteiger partial charge in [0.05, 0.1) is 18.2 Å². The molecule has 0 atom stereocenters. The monoisotopic (exact) mass is 350 g/mol. The summed E-state index contributed by atoms with van der Waals surface area (Å²) in [5.74, 6) is -0.720. The topological polar surface area (TPSA) is 92.6 Å². The molecule has 0 radical (unpaired) electrons. The van der Waals surface area contributed by atoms with Crippen molar-refractivity contribution in [3.63, 3.8) is 0 Å². The van der Waals surface area contributed by atoms with Crippen molar-refractivity contribution in [1.29, 1.82) is 0 Å². The van der Waals surface area contributed by atoms with Gasteiger partial charge in [0, 0.05) is 31.9 Å². The Morgan fingerprint density at radius 2 is 1.92 bits per heavy atom. The summed E-state index contributed by atoms with van der Waals surface area (Å²) in [6.45, 7) is 0. The molecule has 1 aromatic rings. The molecule has 1 heterocycles. The maximum Gasteiger partial charge on any atom is 0.340 e. The lowest BCUT2D eigenvalue weighted by atomic mass is 10.2. The number of aromatic nitrogens is 1. The van der Waals surface area contributed by atoms with Crippen molar-refractivity contribution in [3.8, 4) is 0 Å². The standard InChI is InChI=1S/C16H14N2O5.ClH/c1-18(2)8-4-5-10-12(6-8)23-15-13(17-10)9(16(21)22-3)7-11(19)14(15)20;/h4-7,17H,1-3H3;1H. The van der Waals surface area contributed by atoms with Gasteiger partial charge in [0.25, 0.3) is 5.43 Å². The smallest absolute Gasteiger partial charge is 0.340 e. The van der Waals surface area contributed by atoms with E-state index in [4.69, 9.17) is 4.42 Å². The fourth-order valence-electron chi connectivity index (χ4n) is 2.33. The summed E-state index contributed by atoms with van der Waals surface area (Å²) in [6.07, 6.45) is 0. The van der Waals surface area contributed by atoms with Gasteiger partial charge in [-0.1, -0.05) is 0 Å². The average molecular weight is 351 g/mol. The van der Waals surface area contributed by atoms with E-state index in [9.17, 15) is 14.4 Å². The highest BCUT2D eigenvalue weighted by atomic mass is 35.5. The number of H-pyrrole nitrogens is 1. The van der Waals surface area contributed by atoms with Crippen LogP contribution in [0, 0.1) is 10.8 Å². The molecule has 0 saturated carbocycles. The van der Waals surface area contributed by atoms with E-state index >= 15 is 0 Å². The third kappa shape index (κ3) is 2.74. The van der Waals surface area contributed by atoms with Gasteiger partial charge in [0.1, 0.15) is 5.35 Å². The van der Waals surface area contributed by atoms with Crippen molar-refractivity contribution in [2.24, 2.45) is 0 Å². The van der Waals surface area contributed by atoms with E-state index in [1.165, 1.54) is 7.11 Å². The van der Waals surface area contributed by atoms with E-state index in [0.717, 1.165) is 11.8 Å². The Balaban J connectivity index is 0.00000208. The second-order valence-corrected chi connectivity index (χ2v) is 5.25. The van der Waals surface area contributed by atoms with E-state index in [0.29, 0.717) is 11.1 Å². The molecule has 0 unspecified atom stereocenters. The van der Waals surface area contributed by atoms with Gasteiger partial charge in [-0.2, -0.15) is 0 Å². The molecule has 8 heteroatoms. The van der Waals surface area contributed by atoms with Crippen LogP contribution < -0.4 is 15.8 Å². The molecule has 0 amide bonds. The molecule has 0 bridgehead atoms. The summed E-state index contributed by atoms with van der Waals surface area (Å²) in [5, 5.41) is 0.145. The Hall–Kier alpha value is -2.80. The van der Waals surface area contributed by atoms with Crippen LogP contribution in [-0.4, -0.2) is 32.2 Å². The minimum atomic E-state index is -0.821. The molecule has 1 aliphatic carbocycles. The van der Waals surface area contributed by atoms with E-state index in [2.05, 4.69) is 9.72 Å². The first-order chi connectivity index (χ1) is 10.9. The third-order valence-corrected chi connectivity index (χ3v) is 3.56. The van der Waals surface area contributed by atoms with Gasteiger partial charge in [-0.3, -0.25) is 9.59 Å². The number of esters is 1. The fraction of sp³-hybridized carbons (Fsp3) is 0.188. The van der Waals surface area contributed by atoms with Gasteiger partial charge in [0.2, 0.25) is 10.8 Å². The van der Waals surface area contributed by atoms with Crippen LogP contribution in [0.5, 0.6) is 0 Å². The number of carbonyl (C=O) groups excluding carboxylic acids is 1. The second-order valence-electron chi connectivity index (χ2n) is 5.25. The number of nitrogens with one attached hydrogen (secondary N) is 1. The largest absolute Gasteiger partial charge is 0.465 e. The maximum absolute atomic E-state index is 12.1. The fourth-order valence-corrected chi connectivity index (χ4v) is 2.33. The molecular formula is C16H15ClN2O5. The van der Waals surface area contributed by atoms with Crippen LogP contribution in [0.25, 0.3) is 11.1 Å². The number of aromatic amines is 1. The number of hydrogen-bond donors (Lipinski definition) is 1. The van der Waals surface area contributed by atoms with Gasteiger partial charge >= 0.3 is 5.97 Å². The van der Waals surface area contributed by atoms with Gasteiger partial charge in [-0.25, -0.2) is 4.79 Å². The molecule has 1 aromatic carbocycles. The minimum absolute atomic E-state index is 0. The summed E-state index contributed by atoms with van der Waals surface area (Å²) >= 11 is 0. The predicted octanol–water partition coefficient (Wildman–Crippen LogP) is 1.48. The summed E-state index contributed by atoms with van der Waals surface area (Å²) in [5.41, 5.74) is 0.0106. The number of fused-ring (bicyclic) bond motifs is 1. The number of carbonyl (C=O) groups is 1. The Morgan fingerprint density at radius 3 is 2.54 bits per heavy atom. The van der Waals surface area contributed by atoms with Crippen molar-refractivity contribution in [2.45, 2.75) is 0 Å². The van der Waals surface area contributed by atoms with Crippen molar-refractivity contribution >= 4 is 35.2 Å². The third-order valence-electron chi connectivity index (χ3n) is 3.56. The first kappa shape index (κ1) is 17.6. The molecular weight excluding hydrogens is 336 g/mol. The summed E-state index contributed by atoms with van der Waals surface area (Å²) in [4.78, 5) is 40.5. The van der Waals surface area contributed by atoms with Crippen LogP contribution in [0.1, 0.15) is 10.4 Å². The maximum atomic E-state index is 12.1. The second kappa shape index (κ2) is 6.37. The number of benzene rings is 1. The number of methoxy groups -OCH3 is 1. The molecule has 2 aliphatic rings. The highest BCUT2D eigenvalue weighted by molar-refractivity contribution is 5.89. The van der Waals surface area contributed by atoms with Crippen molar-refractivity contribution < 1.29 is 13.9 Å². The van der Waals surface area contributed by atoms with Crippen LogP contribution in [0.2, 0.25) is 0 Å². The SMILES string of the molecule is COC(=O)c1cc(=O)c(=O)c2oc3cc(N(C)C)ccc3[nH]c1=2.Cl. The highest BCUT2D eigenvalue weighted by Crippen LogP contribution is 2.20. The lowest BCUT2D eigenvalue weighted by Gasteiger charge is -2.12. The molecule has 0 aromatic heterocycles. The van der Waals surface area contributed by atoms with Crippen LogP contribution in [0.4, 0.5) is 5.69 Å². The minimum Gasteiger partial charge on any atom is -0.465 e. The normalized spacial score (nSPS) is 10.5. The first-order valence-corrected chi connectivity index (χ1v) is 6.82. The highest BCUT2D eigenvalue weighted by Gasteiger charge is 2.16. The van der Waals surface area contributed by atoms with Crippen LogP contribution in [-0.2, 0) is 4.74 Å². The van der Waals surface area contributed by atoms with Crippen molar-refractivity contribution in [3.05, 3.63) is 61.0 Å². The molecule has 3 rings (SSSR count). The summed E-state index contributed by atoms with van der Waals surface area (Å²) < 4.78 is 10.3. The predicted molar refractivity (Wildman–Crippen MR) is 91.3 cm³/mol. The van der Waals surface area contributed by atoms with Crippen molar-refractivity contribution in [1.82, 2.24) is 4.98 Å². The van der Waals surface area contributed by atoms with Crippen LogP contribution >= 0.6 is 12.4 Å². The number of rotatable bonds is 2. The van der Waals surface area contributed by atoms with E-state index in [1.54, 1.807) is 12.1 Å². The van der Waals surface area contributed by atoms with Crippen LogP contribution in [0.15, 0.2) is 38.3 Å². The van der Waals surface area contributed by atoms with Gasteiger partial charge in [-0.05, 0) is 12.1 Å². The molecule has 0 fully saturated rings. The van der Waals surface area contributed by atoms with Gasteiger partial charge < -0.3 is 19.0 Å². The van der Waals surface area contributed by atoms with Gasteiger partial charge in [0.15, 0.2) is 5.58 Å². The van der Waals surface area contributed by atoms with E-state index in [-0.39, 0.29) is 28.7 Å². The quantitative estimate of drug-likeness (QED) is 0.556. The molecule has 126 valence electrons. The number of nitrogens with zero attached hydrogens (tertiary/aromatic N) is 1. The molecule has 24 heavy (non-hydrogen) atoms. The van der Waals surface area contributed by atoms with E-state index in [1.807, 2.05) is 25.1 Å². The lowest BCUT2D eigenvalue weighted by molar-refractivity contribution is 0.0598. The first-order valence-electron chi connectivity index (χ1n) is 6.82. The number of hydrogen-bond acceptors (Lipinski definition) is 6. The zero-order valence-corrected chi connectivity index (χ0v) is 14.0. The zero-order valence-electron chi connectivity index (χ0n) is 13.2. The Morgan fingerprint density at radius 1 is 1.21 bits per heavy atom. The van der Waals surface area contributed by atoms with Crippen molar-refractivity contribution in [2.75, 3.05) is 26.1 Å². The average Bonchev–Trinajstić information content (AvgIpc) is 2.55. The molecule has 1 aliphatic heterocycles. The number of halogens is 1. The summed E-state index contributed by atoms with van der Waals surface area (Å²) in [6, 6.07) is 6.32. The number of ether oxygens (including phenoxy) is 1.